The van der Waals surface area contributed by atoms with E-state index in [0.717, 1.165) is 5.69 Å². The molecule has 1 unspecified atom stereocenters. The van der Waals surface area contributed by atoms with Crippen LogP contribution in [0.1, 0.15) is 11.8 Å². The third kappa shape index (κ3) is 1.60. The molecule has 1 aromatic rings. The predicted octanol–water partition coefficient (Wildman–Crippen LogP) is 0.565. The van der Waals surface area contributed by atoms with Crippen LogP contribution in [-0.4, -0.2) is 29.8 Å². The van der Waals surface area contributed by atoms with E-state index in [0.29, 0.717) is 19.8 Å². The Morgan fingerprint density at radius 3 is 3.08 bits per heavy atom. The van der Waals surface area contributed by atoms with Gasteiger partial charge in [0.2, 0.25) is 0 Å². The largest absolute Gasteiger partial charge is 0.376 e. The van der Waals surface area contributed by atoms with Gasteiger partial charge in [-0.1, -0.05) is 0 Å². The topological polar surface area (TPSA) is 44.2 Å². The molecule has 0 N–H and O–H groups in total. The van der Waals surface area contributed by atoms with Gasteiger partial charge in [-0.3, -0.25) is 0 Å². The van der Waals surface area contributed by atoms with Crippen LogP contribution in [-0.2, 0) is 9.47 Å². The van der Waals surface area contributed by atoms with Crippen LogP contribution in [0.4, 0.5) is 0 Å². The first-order valence-corrected chi connectivity index (χ1v) is 3.92. The van der Waals surface area contributed by atoms with Gasteiger partial charge in [-0.15, -0.1) is 0 Å². The second-order valence-corrected chi connectivity index (χ2v) is 2.57. The zero-order valence-electron chi connectivity index (χ0n) is 6.64. The van der Waals surface area contributed by atoms with Gasteiger partial charge in [0.25, 0.3) is 0 Å². The van der Waals surface area contributed by atoms with Crippen LogP contribution in [0.25, 0.3) is 0 Å². The van der Waals surface area contributed by atoms with Crippen molar-refractivity contribution in [3.05, 3.63) is 24.3 Å². The Hall–Kier alpha value is -1.00. The Morgan fingerprint density at radius 1 is 1.42 bits per heavy atom. The molecule has 0 saturated carbocycles. The van der Waals surface area contributed by atoms with Crippen LogP contribution < -0.4 is 0 Å². The van der Waals surface area contributed by atoms with Gasteiger partial charge in [0, 0.05) is 6.20 Å². The molecule has 4 nitrogen and oxygen atoms in total. The Morgan fingerprint density at radius 2 is 2.42 bits per heavy atom. The van der Waals surface area contributed by atoms with Gasteiger partial charge in [-0.2, -0.15) is 0 Å². The lowest BCUT2D eigenvalue weighted by Gasteiger charge is -2.21. The van der Waals surface area contributed by atoms with Gasteiger partial charge in [-0.05, 0) is 6.07 Å². The number of hydrogen-bond acceptors (Lipinski definition) is 4. The number of nitrogens with zero attached hydrogens (tertiary/aromatic N) is 2. The van der Waals surface area contributed by atoms with E-state index in [1.54, 1.807) is 6.20 Å². The smallest absolute Gasteiger partial charge is 0.123 e. The molecule has 0 radical (unpaired) electrons. The van der Waals surface area contributed by atoms with Crippen molar-refractivity contribution >= 4 is 0 Å². The van der Waals surface area contributed by atoms with Crippen molar-refractivity contribution in [3.8, 4) is 0 Å². The maximum Gasteiger partial charge on any atom is 0.123 e. The van der Waals surface area contributed by atoms with Crippen LogP contribution in [0.5, 0.6) is 0 Å². The van der Waals surface area contributed by atoms with Crippen LogP contribution in [0.3, 0.4) is 0 Å². The average molecular weight is 166 g/mol. The van der Waals surface area contributed by atoms with Crippen molar-refractivity contribution in [1.29, 1.82) is 0 Å². The summed E-state index contributed by atoms with van der Waals surface area (Å²) in [6.45, 7) is 1.92. The molecule has 1 aliphatic heterocycles. The SMILES string of the molecule is c1cc(C2COCCO2)ncn1. The van der Waals surface area contributed by atoms with Crippen LogP contribution in [0.15, 0.2) is 18.6 Å². The molecule has 0 aliphatic carbocycles. The predicted molar refractivity (Wildman–Crippen MR) is 41.5 cm³/mol. The molecule has 0 amide bonds. The summed E-state index contributed by atoms with van der Waals surface area (Å²) in [5.74, 6) is 0. The fourth-order valence-corrected chi connectivity index (χ4v) is 1.15. The van der Waals surface area contributed by atoms with Crippen molar-refractivity contribution < 1.29 is 9.47 Å². The van der Waals surface area contributed by atoms with Gasteiger partial charge >= 0.3 is 0 Å². The summed E-state index contributed by atoms with van der Waals surface area (Å²) in [6, 6.07) is 1.85. The van der Waals surface area contributed by atoms with E-state index in [9.17, 15) is 0 Å². The fourth-order valence-electron chi connectivity index (χ4n) is 1.15. The van der Waals surface area contributed by atoms with E-state index in [4.69, 9.17) is 9.47 Å². The lowest BCUT2D eigenvalue weighted by atomic mass is 10.2. The molecule has 0 bridgehead atoms. The molecule has 1 atom stereocenters. The van der Waals surface area contributed by atoms with Crippen LogP contribution in [0.2, 0.25) is 0 Å². The summed E-state index contributed by atoms with van der Waals surface area (Å²) in [5, 5.41) is 0. The first kappa shape index (κ1) is 7.64. The highest BCUT2D eigenvalue weighted by Gasteiger charge is 2.16. The zero-order chi connectivity index (χ0) is 8.23. The van der Waals surface area contributed by atoms with E-state index in [2.05, 4.69) is 9.97 Å². The molecule has 4 heteroatoms. The van der Waals surface area contributed by atoms with Crippen LogP contribution >= 0.6 is 0 Å². The Kier molecular flexibility index (Phi) is 2.29. The molecule has 2 heterocycles. The third-order valence-electron chi connectivity index (χ3n) is 1.75. The second kappa shape index (κ2) is 3.60. The zero-order valence-corrected chi connectivity index (χ0v) is 6.64. The standard InChI is InChI=1S/C8H10N2O2/c1-2-9-6-10-7(1)8-5-11-3-4-12-8/h1-2,6,8H,3-5H2. The van der Waals surface area contributed by atoms with Gasteiger partial charge in [0.05, 0.1) is 25.5 Å². The number of ether oxygens (including phenoxy) is 2. The molecule has 1 fully saturated rings. The summed E-state index contributed by atoms with van der Waals surface area (Å²) in [6.07, 6.45) is 3.22. The third-order valence-corrected chi connectivity index (χ3v) is 1.75. The minimum Gasteiger partial charge on any atom is -0.376 e. The summed E-state index contributed by atoms with van der Waals surface area (Å²) in [5.41, 5.74) is 0.893. The summed E-state index contributed by atoms with van der Waals surface area (Å²) >= 11 is 0. The van der Waals surface area contributed by atoms with Crippen LogP contribution in [0, 0.1) is 0 Å². The van der Waals surface area contributed by atoms with Gasteiger partial charge in [0.15, 0.2) is 0 Å². The van der Waals surface area contributed by atoms with Crippen molar-refractivity contribution in [3.63, 3.8) is 0 Å². The summed E-state index contributed by atoms with van der Waals surface area (Å²) < 4.78 is 10.7. The van der Waals surface area contributed by atoms with E-state index in [1.807, 2.05) is 6.07 Å². The van der Waals surface area contributed by atoms with Gasteiger partial charge in [0.1, 0.15) is 12.4 Å². The minimum atomic E-state index is -0.0123. The molecule has 2 rings (SSSR count). The summed E-state index contributed by atoms with van der Waals surface area (Å²) in [4.78, 5) is 7.92. The van der Waals surface area contributed by atoms with Crippen molar-refractivity contribution in [2.45, 2.75) is 6.10 Å². The van der Waals surface area contributed by atoms with Crippen molar-refractivity contribution in [2.75, 3.05) is 19.8 Å². The lowest BCUT2D eigenvalue weighted by Crippen LogP contribution is -2.22. The van der Waals surface area contributed by atoms with E-state index in [1.165, 1.54) is 6.33 Å². The monoisotopic (exact) mass is 166 g/mol. The highest BCUT2D eigenvalue weighted by atomic mass is 16.6. The molecular formula is C8H10N2O2. The first-order valence-electron chi connectivity index (χ1n) is 3.92. The second-order valence-electron chi connectivity index (χ2n) is 2.57. The first-order chi connectivity index (χ1) is 5.97. The molecule has 1 aromatic heterocycles. The number of aromatic nitrogens is 2. The molecule has 12 heavy (non-hydrogen) atoms. The van der Waals surface area contributed by atoms with E-state index < -0.39 is 0 Å². The highest BCUT2D eigenvalue weighted by Crippen LogP contribution is 2.17. The van der Waals surface area contributed by atoms with Crippen molar-refractivity contribution in [1.82, 2.24) is 9.97 Å². The van der Waals surface area contributed by atoms with Gasteiger partial charge in [-0.25, -0.2) is 9.97 Å². The maximum absolute atomic E-state index is 5.45. The molecule has 1 aliphatic rings. The molecular weight excluding hydrogens is 156 g/mol. The molecule has 0 aromatic carbocycles. The van der Waals surface area contributed by atoms with Gasteiger partial charge < -0.3 is 9.47 Å². The van der Waals surface area contributed by atoms with Crippen molar-refractivity contribution in [2.24, 2.45) is 0 Å². The average Bonchev–Trinajstić information content (AvgIpc) is 2.21. The lowest BCUT2D eigenvalue weighted by molar-refractivity contribution is -0.0918. The maximum atomic E-state index is 5.45. The Balaban J connectivity index is 2.08. The Labute approximate surface area is 70.6 Å². The Bertz CT molecular complexity index is 234. The highest BCUT2D eigenvalue weighted by molar-refractivity contribution is 5.02. The minimum absolute atomic E-state index is 0.0123. The molecule has 0 spiro atoms. The summed E-state index contributed by atoms with van der Waals surface area (Å²) in [7, 11) is 0. The normalized spacial score (nSPS) is 23.8. The molecule has 1 saturated heterocycles. The fraction of sp³-hybridized carbons (Fsp3) is 0.500. The molecule has 64 valence electrons. The van der Waals surface area contributed by atoms with E-state index >= 15 is 0 Å². The number of hydrogen-bond donors (Lipinski definition) is 0. The number of rotatable bonds is 1. The van der Waals surface area contributed by atoms with E-state index in [-0.39, 0.29) is 6.10 Å². The quantitative estimate of drug-likeness (QED) is 0.611.